The first-order chi connectivity index (χ1) is 15.7. The van der Waals surface area contributed by atoms with Crippen LogP contribution in [-0.2, 0) is 17.8 Å². The van der Waals surface area contributed by atoms with Gasteiger partial charge in [-0.25, -0.2) is 0 Å². The van der Waals surface area contributed by atoms with Gasteiger partial charge in [0.1, 0.15) is 5.69 Å². The van der Waals surface area contributed by atoms with Gasteiger partial charge in [0.15, 0.2) is 5.78 Å². The van der Waals surface area contributed by atoms with E-state index >= 15 is 0 Å². The summed E-state index contributed by atoms with van der Waals surface area (Å²) in [5, 5.41) is 4.03. The lowest BCUT2D eigenvalue weighted by Gasteiger charge is -2.25. The Labute approximate surface area is 194 Å². The zero-order valence-corrected chi connectivity index (χ0v) is 19.2. The first kappa shape index (κ1) is 21.1. The van der Waals surface area contributed by atoms with E-state index in [9.17, 15) is 9.59 Å². The number of carbonyl (C=O) groups is 2. The predicted octanol–water partition coefficient (Wildman–Crippen LogP) is 5.47. The van der Waals surface area contributed by atoms with Crippen molar-refractivity contribution in [2.45, 2.75) is 32.0 Å². The second kappa shape index (κ2) is 9.40. The van der Waals surface area contributed by atoms with Gasteiger partial charge in [-0.1, -0.05) is 36.4 Å². The van der Waals surface area contributed by atoms with E-state index in [0.29, 0.717) is 24.3 Å². The average molecular weight is 465 g/mol. The molecule has 0 radical (unpaired) electrons. The van der Waals surface area contributed by atoms with Crippen LogP contribution in [0.25, 0.3) is 10.2 Å². The Morgan fingerprint density at radius 3 is 2.69 bits per heavy atom. The van der Waals surface area contributed by atoms with E-state index in [1.165, 1.54) is 0 Å². The minimum Gasteiger partial charge on any atom is -0.376 e. The molecule has 4 heterocycles. The maximum absolute atomic E-state index is 13.8. The van der Waals surface area contributed by atoms with Crippen LogP contribution in [0.1, 0.15) is 38.6 Å². The molecule has 5 rings (SSSR count). The first-order valence-corrected chi connectivity index (χ1v) is 12.5. The monoisotopic (exact) mass is 464 g/mol. The molecule has 7 heteroatoms. The van der Waals surface area contributed by atoms with E-state index in [1.54, 1.807) is 22.7 Å². The molecule has 1 atom stereocenters. The number of fused-ring (bicyclic) bond motifs is 1. The second-order valence-electron chi connectivity index (χ2n) is 7.98. The normalized spacial score (nSPS) is 15.9. The van der Waals surface area contributed by atoms with Crippen LogP contribution in [0.15, 0.2) is 65.4 Å². The maximum Gasteiger partial charge on any atom is 0.270 e. The molecule has 1 aromatic carbocycles. The van der Waals surface area contributed by atoms with Gasteiger partial charge in [0.25, 0.3) is 5.91 Å². The Morgan fingerprint density at radius 2 is 1.94 bits per heavy atom. The summed E-state index contributed by atoms with van der Waals surface area (Å²) >= 11 is 3.23. The van der Waals surface area contributed by atoms with E-state index in [1.807, 2.05) is 68.8 Å². The minimum absolute atomic E-state index is 0.00715. The van der Waals surface area contributed by atoms with E-state index in [-0.39, 0.29) is 24.3 Å². The number of carbonyl (C=O) groups excluding carboxylic acids is 2. The van der Waals surface area contributed by atoms with Crippen LogP contribution in [0.2, 0.25) is 0 Å². The highest BCUT2D eigenvalue weighted by Gasteiger charge is 2.27. The first-order valence-electron chi connectivity index (χ1n) is 10.8. The van der Waals surface area contributed by atoms with Gasteiger partial charge in [-0.3, -0.25) is 9.59 Å². The molecule has 0 bridgehead atoms. The quantitative estimate of drug-likeness (QED) is 0.325. The lowest BCUT2D eigenvalue weighted by molar-refractivity contribution is 0.0502. The summed E-state index contributed by atoms with van der Waals surface area (Å²) in [5.74, 6) is -0.0644. The number of nitrogens with zero attached hydrogens (tertiary/aromatic N) is 2. The van der Waals surface area contributed by atoms with E-state index in [0.717, 1.165) is 34.5 Å². The van der Waals surface area contributed by atoms with E-state index in [4.69, 9.17) is 4.74 Å². The van der Waals surface area contributed by atoms with Crippen molar-refractivity contribution < 1.29 is 14.3 Å². The van der Waals surface area contributed by atoms with Crippen LogP contribution in [-0.4, -0.2) is 40.4 Å². The van der Waals surface area contributed by atoms with Crippen LogP contribution in [0.3, 0.4) is 0 Å². The summed E-state index contributed by atoms with van der Waals surface area (Å²) in [6.07, 6.45) is 2.06. The van der Waals surface area contributed by atoms with Crippen molar-refractivity contribution in [1.29, 1.82) is 0 Å². The van der Waals surface area contributed by atoms with E-state index < -0.39 is 0 Å². The molecule has 1 saturated heterocycles. The van der Waals surface area contributed by atoms with Crippen molar-refractivity contribution in [2.24, 2.45) is 0 Å². The smallest absolute Gasteiger partial charge is 0.270 e. The number of aromatic nitrogens is 1. The largest absolute Gasteiger partial charge is 0.376 e. The molecule has 0 saturated carbocycles. The minimum atomic E-state index is -0.0573. The highest BCUT2D eigenvalue weighted by Crippen LogP contribution is 2.28. The molecule has 0 N–H and O–H groups in total. The van der Waals surface area contributed by atoms with Crippen molar-refractivity contribution in [2.75, 3.05) is 13.2 Å². The highest BCUT2D eigenvalue weighted by atomic mass is 32.1. The molecule has 1 amide bonds. The topological polar surface area (TPSA) is 51.5 Å². The summed E-state index contributed by atoms with van der Waals surface area (Å²) in [4.78, 5) is 29.8. The van der Waals surface area contributed by atoms with E-state index in [2.05, 4.69) is 6.07 Å². The summed E-state index contributed by atoms with van der Waals surface area (Å²) < 4.78 is 8.73. The summed E-state index contributed by atoms with van der Waals surface area (Å²) in [7, 11) is 0. The zero-order valence-electron chi connectivity index (χ0n) is 17.6. The number of Topliss-reactive ketones (excluding diaryl/α,β-unsaturated/α-hetero) is 1. The lowest BCUT2D eigenvalue weighted by Crippen LogP contribution is -2.38. The number of amides is 1. The predicted molar refractivity (Wildman–Crippen MR) is 129 cm³/mol. The Hall–Kier alpha value is -2.74. The van der Waals surface area contributed by atoms with Gasteiger partial charge in [0.05, 0.1) is 29.4 Å². The summed E-state index contributed by atoms with van der Waals surface area (Å²) in [6, 6.07) is 17.2. The number of hydrogen-bond acceptors (Lipinski definition) is 5. The van der Waals surface area contributed by atoms with Gasteiger partial charge in [-0.15, -0.1) is 22.7 Å². The van der Waals surface area contributed by atoms with Gasteiger partial charge in [0, 0.05) is 23.6 Å². The Bertz CT molecular complexity index is 1200. The van der Waals surface area contributed by atoms with Crippen molar-refractivity contribution in [3.05, 3.63) is 81.5 Å². The van der Waals surface area contributed by atoms with Gasteiger partial charge < -0.3 is 14.2 Å². The molecule has 164 valence electrons. The van der Waals surface area contributed by atoms with Gasteiger partial charge >= 0.3 is 0 Å². The number of hydrogen-bond donors (Lipinski definition) is 0. The van der Waals surface area contributed by atoms with Crippen molar-refractivity contribution >= 4 is 44.6 Å². The Balaban J connectivity index is 1.47. The maximum atomic E-state index is 13.8. The van der Waals surface area contributed by atoms with Crippen molar-refractivity contribution in [3.63, 3.8) is 0 Å². The molecule has 0 spiro atoms. The number of ketones is 1. The third-order valence-electron chi connectivity index (χ3n) is 5.80. The van der Waals surface area contributed by atoms with Crippen LogP contribution in [0.4, 0.5) is 0 Å². The van der Waals surface area contributed by atoms with Crippen LogP contribution < -0.4 is 0 Å². The van der Waals surface area contributed by atoms with Crippen LogP contribution in [0.5, 0.6) is 0 Å². The van der Waals surface area contributed by atoms with Gasteiger partial charge in [-0.2, -0.15) is 0 Å². The molecule has 5 nitrogen and oxygen atoms in total. The molecule has 0 aliphatic carbocycles. The molecular weight excluding hydrogens is 440 g/mol. The number of ether oxygens (including phenoxy) is 1. The fourth-order valence-electron chi connectivity index (χ4n) is 4.19. The molecule has 1 fully saturated rings. The Morgan fingerprint density at radius 1 is 1.06 bits per heavy atom. The SMILES string of the molecule is O=C(Cn1c(C(=O)N(Cc2cccs2)CC2CCCO2)cc2sccc21)c1ccccc1. The van der Waals surface area contributed by atoms with Crippen LogP contribution >= 0.6 is 22.7 Å². The number of rotatable bonds is 8. The van der Waals surface area contributed by atoms with Crippen molar-refractivity contribution in [1.82, 2.24) is 9.47 Å². The zero-order chi connectivity index (χ0) is 21.9. The average Bonchev–Trinajstić information content (AvgIpc) is 3.61. The summed E-state index contributed by atoms with van der Waals surface area (Å²) in [6.45, 7) is 1.99. The van der Waals surface area contributed by atoms with Crippen molar-refractivity contribution in [3.8, 4) is 0 Å². The lowest BCUT2D eigenvalue weighted by atomic mass is 10.1. The molecule has 1 unspecified atom stereocenters. The molecule has 4 aromatic rings. The van der Waals surface area contributed by atoms with Crippen LogP contribution in [0, 0.1) is 0 Å². The third kappa shape index (κ3) is 4.41. The number of benzene rings is 1. The Kier molecular flexibility index (Phi) is 6.21. The molecule has 3 aromatic heterocycles. The molecular formula is C25H24N2O3S2. The fraction of sp³-hybridized carbons (Fsp3) is 0.280. The van der Waals surface area contributed by atoms with Gasteiger partial charge in [-0.05, 0) is 41.8 Å². The molecule has 32 heavy (non-hydrogen) atoms. The highest BCUT2D eigenvalue weighted by molar-refractivity contribution is 7.17. The third-order valence-corrected chi connectivity index (χ3v) is 7.52. The molecule has 1 aliphatic rings. The second-order valence-corrected chi connectivity index (χ2v) is 9.96. The molecule has 1 aliphatic heterocycles. The standard InChI is InChI=1S/C25H24N2O3S2/c28-23(18-6-2-1-3-7-18)17-27-21-10-13-32-24(21)14-22(27)25(29)26(15-19-8-4-11-30-19)16-20-9-5-12-31-20/h1-3,5-7,9-10,12-14,19H,4,8,11,15-17H2. The fourth-order valence-corrected chi connectivity index (χ4v) is 5.73. The van der Waals surface area contributed by atoms with Gasteiger partial charge in [0.2, 0.25) is 0 Å². The summed E-state index contributed by atoms with van der Waals surface area (Å²) in [5.41, 5.74) is 2.14. The number of thiophene rings is 2.